The predicted molar refractivity (Wildman–Crippen MR) is 140 cm³/mol. The maximum absolute atomic E-state index is 12.8. The first-order valence-electron chi connectivity index (χ1n) is 11.8. The van der Waals surface area contributed by atoms with Crippen molar-refractivity contribution in [2.24, 2.45) is 28.7 Å². The number of imide groups is 1. The standard InChI is InChI=1S/C25H31N5O2.HI/c1-2-26-25(27-11-5-6-18-15-29-20-8-4-3-7-19(18)20)28-12-13-30-23(31)21-16-9-10-17(14-16)22(21)24(30)32;/h3-4,7-10,15-17,21-22,29H,2,5-6,11-14H2,1H3,(H2,26,27,28);1H. The minimum Gasteiger partial charge on any atom is -0.361 e. The lowest BCUT2D eigenvalue weighted by molar-refractivity contribution is -0.140. The Morgan fingerprint density at radius 3 is 2.58 bits per heavy atom. The molecule has 1 aliphatic heterocycles. The largest absolute Gasteiger partial charge is 0.361 e. The lowest BCUT2D eigenvalue weighted by Gasteiger charge is -2.18. The third-order valence-electron chi connectivity index (χ3n) is 7.08. The second-order valence-electron chi connectivity index (χ2n) is 8.98. The number of carbonyl (C=O) groups is 2. The minimum absolute atomic E-state index is 0. The van der Waals surface area contributed by atoms with E-state index in [0.29, 0.717) is 19.6 Å². The summed E-state index contributed by atoms with van der Waals surface area (Å²) in [5.74, 6) is 1.03. The van der Waals surface area contributed by atoms with Crippen LogP contribution in [0.3, 0.4) is 0 Å². The van der Waals surface area contributed by atoms with Gasteiger partial charge in [-0.1, -0.05) is 30.4 Å². The zero-order valence-corrected chi connectivity index (χ0v) is 21.3. The van der Waals surface area contributed by atoms with Crippen LogP contribution in [0.25, 0.3) is 10.9 Å². The van der Waals surface area contributed by atoms with Crippen LogP contribution in [0.4, 0.5) is 0 Å². The number of hydrogen-bond acceptors (Lipinski definition) is 3. The number of allylic oxidation sites excluding steroid dienone is 2. The Kier molecular flexibility index (Phi) is 7.41. The van der Waals surface area contributed by atoms with Crippen molar-refractivity contribution in [2.45, 2.75) is 26.2 Å². The quantitative estimate of drug-likeness (QED) is 0.116. The molecule has 2 aromatic rings. The van der Waals surface area contributed by atoms with E-state index in [2.05, 4.69) is 57.2 Å². The van der Waals surface area contributed by atoms with Crippen LogP contribution in [0.15, 0.2) is 47.6 Å². The van der Waals surface area contributed by atoms with E-state index < -0.39 is 0 Å². The molecule has 8 heteroatoms. The molecule has 3 N–H and O–H groups in total. The number of guanidine groups is 1. The number of H-pyrrole nitrogens is 1. The molecule has 5 rings (SSSR count). The Bertz CT molecular complexity index is 1050. The first-order valence-corrected chi connectivity index (χ1v) is 11.8. The number of nitrogens with one attached hydrogen (secondary N) is 3. The normalized spacial score (nSPS) is 25.6. The third-order valence-corrected chi connectivity index (χ3v) is 7.08. The molecular formula is C25H32IN5O2. The molecule has 4 atom stereocenters. The number of aliphatic imine (C=N–C) groups is 1. The third kappa shape index (κ3) is 4.54. The average Bonchev–Trinajstić information content (AvgIpc) is 3.56. The van der Waals surface area contributed by atoms with Crippen LogP contribution in [-0.4, -0.2) is 53.8 Å². The fourth-order valence-corrected chi connectivity index (χ4v) is 5.61. The summed E-state index contributed by atoms with van der Waals surface area (Å²) in [6, 6.07) is 8.34. The fourth-order valence-electron chi connectivity index (χ4n) is 5.61. The van der Waals surface area contributed by atoms with Gasteiger partial charge in [-0.05, 0) is 49.7 Å². The second kappa shape index (κ2) is 10.3. The number of para-hydroxylation sites is 1. The Hall–Kier alpha value is -2.36. The number of hydrogen-bond donors (Lipinski definition) is 3. The van der Waals surface area contributed by atoms with E-state index in [4.69, 9.17) is 0 Å². The number of halogens is 1. The molecule has 4 unspecified atom stereocenters. The van der Waals surface area contributed by atoms with Crippen molar-refractivity contribution < 1.29 is 9.59 Å². The molecule has 0 spiro atoms. The van der Waals surface area contributed by atoms with E-state index in [0.717, 1.165) is 31.8 Å². The van der Waals surface area contributed by atoms with Gasteiger partial charge in [0.25, 0.3) is 0 Å². The number of fused-ring (bicyclic) bond motifs is 6. The summed E-state index contributed by atoms with van der Waals surface area (Å²) in [5, 5.41) is 7.81. The van der Waals surface area contributed by atoms with Crippen LogP contribution < -0.4 is 10.6 Å². The smallest absolute Gasteiger partial charge is 0.233 e. The fraction of sp³-hybridized carbons (Fsp3) is 0.480. The highest BCUT2D eigenvalue weighted by Gasteiger charge is 2.58. The molecular weight excluding hydrogens is 529 g/mol. The van der Waals surface area contributed by atoms with E-state index in [9.17, 15) is 9.59 Å². The molecule has 176 valence electrons. The Balaban J connectivity index is 0.00000259. The van der Waals surface area contributed by atoms with Crippen molar-refractivity contribution in [2.75, 3.05) is 26.2 Å². The zero-order valence-electron chi connectivity index (χ0n) is 18.9. The van der Waals surface area contributed by atoms with E-state index in [1.165, 1.54) is 21.4 Å². The van der Waals surface area contributed by atoms with Crippen molar-refractivity contribution in [3.8, 4) is 0 Å². The van der Waals surface area contributed by atoms with Crippen LogP contribution in [0.2, 0.25) is 0 Å². The highest BCUT2D eigenvalue weighted by Crippen LogP contribution is 2.52. The van der Waals surface area contributed by atoms with Gasteiger partial charge in [-0.3, -0.25) is 19.5 Å². The molecule has 2 heterocycles. The van der Waals surface area contributed by atoms with E-state index in [-0.39, 0.29) is 59.5 Å². The van der Waals surface area contributed by atoms with Crippen molar-refractivity contribution in [3.05, 3.63) is 48.2 Å². The number of rotatable bonds is 8. The highest BCUT2D eigenvalue weighted by molar-refractivity contribution is 14.0. The van der Waals surface area contributed by atoms with Gasteiger partial charge in [-0.15, -0.1) is 24.0 Å². The molecule has 0 radical (unpaired) electrons. The molecule has 1 saturated heterocycles. The molecule has 1 aromatic carbocycles. The molecule has 2 amide bonds. The Morgan fingerprint density at radius 2 is 1.85 bits per heavy atom. The topological polar surface area (TPSA) is 89.6 Å². The van der Waals surface area contributed by atoms with Gasteiger partial charge < -0.3 is 15.6 Å². The van der Waals surface area contributed by atoms with Crippen LogP contribution >= 0.6 is 24.0 Å². The lowest BCUT2D eigenvalue weighted by atomic mass is 9.85. The molecule has 2 bridgehead atoms. The summed E-state index contributed by atoms with van der Waals surface area (Å²) in [4.78, 5) is 35.1. The van der Waals surface area contributed by atoms with Gasteiger partial charge in [-0.2, -0.15) is 0 Å². The van der Waals surface area contributed by atoms with Crippen molar-refractivity contribution in [1.29, 1.82) is 0 Å². The number of benzene rings is 1. The number of aryl methyl sites for hydroxylation is 1. The molecule has 2 fully saturated rings. The van der Waals surface area contributed by atoms with Crippen molar-refractivity contribution in [1.82, 2.24) is 20.5 Å². The van der Waals surface area contributed by atoms with Gasteiger partial charge in [0, 0.05) is 43.3 Å². The number of likely N-dealkylation sites (tertiary alicyclic amines) is 1. The molecule has 1 saturated carbocycles. The van der Waals surface area contributed by atoms with E-state index in [1.54, 1.807) is 0 Å². The summed E-state index contributed by atoms with van der Waals surface area (Å²) in [7, 11) is 0. The van der Waals surface area contributed by atoms with E-state index in [1.807, 2.05) is 13.0 Å². The molecule has 2 aliphatic carbocycles. The first-order chi connectivity index (χ1) is 15.7. The van der Waals surface area contributed by atoms with Crippen LogP contribution in [-0.2, 0) is 16.0 Å². The van der Waals surface area contributed by atoms with Gasteiger partial charge in [0.15, 0.2) is 5.96 Å². The molecule has 33 heavy (non-hydrogen) atoms. The number of carbonyl (C=O) groups excluding carboxylic acids is 2. The maximum Gasteiger partial charge on any atom is 0.233 e. The summed E-state index contributed by atoms with van der Waals surface area (Å²) in [5.41, 5.74) is 2.48. The van der Waals surface area contributed by atoms with Gasteiger partial charge >= 0.3 is 0 Å². The minimum atomic E-state index is -0.121. The molecule has 3 aliphatic rings. The Morgan fingerprint density at radius 1 is 1.12 bits per heavy atom. The second-order valence-corrected chi connectivity index (χ2v) is 8.98. The summed E-state index contributed by atoms with van der Waals surface area (Å²) < 4.78 is 0. The Labute approximate surface area is 211 Å². The SMILES string of the molecule is CCNC(=NCCCc1c[nH]c2ccccc12)NCCN1C(=O)C2C3C=CC(C3)C2C1=O.I. The number of nitrogens with zero attached hydrogens (tertiary/aromatic N) is 2. The number of amides is 2. The van der Waals surface area contributed by atoms with Crippen molar-refractivity contribution >= 4 is 52.7 Å². The molecule has 1 aromatic heterocycles. The van der Waals surface area contributed by atoms with Crippen molar-refractivity contribution in [3.63, 3.8) is 0 Å². The summed E-state index contributed by atoms with van der Waals surface area (Å²) in [6.07, 6.45) is 9.22. The maximum atomic E-state index is 12.8. The number of aromatic nitrogens is 1. The van der Waals surface area contributed by atoms with Crippen LogP contribution in [0, 0.1) is 23.7 Å². The van der Waals surface area contributed by atoms with Crippen LogP contribution in [0.5, 0.6) is 0 Å². The van der Waals surface area contributed by atoms with Gasteiger partial charge in [0.2, 0.25) is 11.8 Å². The number of aromatic amines is 1. The summed E-state index contributed by atoms with van der Waals surface area (Å²) >= 11 is 0. The summed E-state index contributed by atoms with van der Waals surface area (Å²) in [6.45, 7) is 4.39. The van der Waals surface area contributed by atoms with E-state index >= 15 is 0 Å². The average molecular weight is 561 g/mol. The van der Waals surface area contributed by atoms with Gasteiger partial charge in [0.1, 0.15) is 0 Å². The molecule has 7 nitrogen and oxygen atoms in total. The monoisotopic (exact) mass is 561 g/mol. The first kappa shape index (κ1) is 23.8. The highest BCUT2D eigenvalue weighted by atomic mass is 127. The van der Waals surface area contributed by atoms with Crippen LogP contribution in [0.1, 0.15) is 25.3 Å². The van der Waals surface area contributed by atoms with Gasteiger partial charge in [0.05, 0.1) is 11.8 Å². The lowest BCUT2D eigenvalue weighted by Crippen LogP contribution is -2.43. The predicted octanol–water partition coefficient (Wildman–Crippen LogP) is 3.08. The van der Waals surface area contributed by atoms with Gasteiger partial charge in [-0.25, -0.2) is 0 Å². The zero-order chi connectivity index (χ0) is 22.1.